The number of anilines is 1. The number of phenolic OH excluding ortho intramolecular Hbond substituents is 1. The fraction of sp³-hybridized carbons (Fsp3) is 0. The Labute approximate surface area is 158 Å². The van der Waals surface area contributed by atoms with Gasteiger partial charge in [-0.25, -0.2) is 14.4 Å². The number of hydrogen-bond acceptors (Lipinski definition) is 5. The Morgan fingerprint density at radius 3 is 2.71 bits per heavy atom. The van der Waals surface area contributed by atoms with Gasteiger partial charge in [0.05, 0.1) is 11.4 Å². The van der Waals surface area contributed by atoms with Crippen LogP contribution in [-0.4, -0.2) is 24.5 Å². The van der Waals surface area contributed by atoms with Gasteiger partial charge in [-0.05, 0) is 30.3 Å². The second kappa shape index (κ2) is 6.02. The lowest BCUT2D eigenvalue weighted by Gasteiger charge is -2.14. The van der Waals surface area contributed by atoms with Crippen LogP contribution < -0.4 is 5.73 Å². The Balaban J connectivity index is 1.90. The van der Waals surface area contributed by atoms with Crippen LogP contribution in [0.15, 0.2) is 67.1 Å². The molecule has 5 aromatic rings. The molecule has 7 heteroatoms. The van der Waals surface area contributed by atoms with Crippen LogP contribution >= 0.6 is 0 Å². The molecule has 0 spiro atoms. The van der Waals surface area contributed by atoms with E-state index < -0.39 is 5.82 Å². The molecular formula is C21H14FN5O. The third kappa shape index (κ3) is 2.44. The van der Waals surface area contributed by atoms with E-state index in [1.165, 1.54) is 6.07 Å². The van der Waals surface area contributed by atoms with Crippen molar-refractivity contribution in [2.75, 3.05) is 5.73 Å². The molecule has 6 nitrogen and oxygen atoms in total. The zero-order chi connectivity index (χ0) is 19.3. The van der Waals surface area contributed by atoms with Gasteiger partial charge in [-0.2, -0.15) is 0 Å². The summed E-state index contributed by atoms with van der Waals surface area (Å²) in [5, 5.41) is 10.6. The summed E-state index contributed by atoms with van der Waals surface area (Å²) in [4.78, 5) is 12.9. The second-order valence-corrected chi connectivity index (χ2v) is 6.40. The second-order valence-electron chi connectivity index (χ2n) is 6.40. The number of aromatic hydroxyl groups is 1. The van der Waals surface area contributed by atoms with Crippen LogP contribution in [0.5, 0.6) is 5.75 Å². The van der Waals surface area contributed by atoms with Crippen molar-refractivity contribution in [2.45, 2.75) is 0 Å². The lowest BCUT2D eigenvalue weighted by molar-refractivity contribution is 0.475. The van der Waals surface area contributed by atoms with Crippen LogP contribution in [0.4, 0.5) is 10.2 Å². The Morgan fingerprint density at radius 2 is 1.86 bits per heavy atom. The van der Waals surface area contributed by atoms with Crippen molar-refractivity contribution < 1.29 is 9.50 Å². The number of nitrogen functional groups attached to an aromatic ring is 1. The van der Waals surface area contributed by atoms with E-state index >= 15 is 0 Å². The summed E-state index contributed by atoms with van der Waals surface area (Å²) < 4.78 is 16.5. The molecule has 28 heavy (non-hydrogen) atoms. The highest BCUT2D eigenvalue weighted by Gasteiger charge is 2.18. The minimum atomic E-state index is -0.431. The summed E-state index contributed by atoms with van der Waals surface area (Å²) >= 11 is 0. The van der Waals surface area contributed by atoms with Gasteiger partial charge in [0.2, 0.25) is 0 Å². The first-order chi connectivity index (χ1) is 13.6. The first-order valence-electron chi connectivity index (χ1n) is 8.58. The Morgan fingerprint density at radius 1 is 0.964 bits per heavy atom. The highest BCUT2D eigenvalue weighted by atomic mass is 19.1. The average molecular weight is 371 g/mol. The maximum atomic E-state index is 14.8. The van der Waals surface area contributed by atoms with E-state index in [0.29, 0.717) is 39.1 Å². The topological polar surface area (TPSA) is 89.3 Å². The zero-order valence-electron chi connectivity index (χ0n) is 14.5. The van der Waals surface area contributed by atoms with Gasteiger partial charge in [0.15, 0.2) is 11.5 Å². The fourth-order valence-corrected chi connectivity index (χ4v) is 3.43. The molecule has 0 saturated carbocycles. The summed E-state index contributed by atoms with van der Waals surface area (Å²) in [6.07, 6.45) is 4.92. The number of benzene rings is 2. The number of pyridine rings is 1. The number of nitrogens with zero attached hydrogens (tertiary/aromatic N) is 4. The number of hydrogen-bond donors (Lipinski definition) is 2. The number of phenols is 1. The Hall–Kier alpha value is -4.00. The summed E-state index contributed by atoms with van der Waals surface area (Å²) in [6, 6.07) is 13.5. The molecule has 0 amide bonds. The van der Waals surface area contributed by atoms with E-state index in [4.69, 9.17) is 5.73 Å². The molecule has 2 aromatic carbocycles. The molecule has 0 atom stereocenters. The number of fused-ring (bicyclic) bond motifs is 2. The summed E-state index contributed by atoms with van der Waals surface area (Å²) in [5.41, 5.74) is 9.28. The first-order valence-corrected chi connectivity index (χ1v) is 8.58. The molecule has 0 unspecified atom stereocenters. The number of rotatable bonds is 2. The van der Waals surface area contributed by atoms with Crippen molar-refractivity contribution in [3.05, 3.63) is 72.9 Å². The molecule has 136 valence electrons. The van der Waals surface area contributed by atoms with Gasteiger partial charge in [0, 0.05) is 35.1 Å². The molecule has 5 rings (SSSR count). The van der Waals surface area contributed by atoms with E-state index in [2.05, 4.69) is 15.0 Å². The van der Waals surface area contributed by atoms with Crippen LogP contribution in [0.2, 0.25) is 0 Å². The number of halogens is 1. The van der Waals surface area contributed by atoms with Crippen LogP contribution in [-0.2, 0) is 0 Å². The number of nitrogens with two attached hydrogens (primary N) is 1. The van der Waals surface area contributed by atoms with Crippen molar-refractivity contribution in [1.82, 2.24) is 19.4 Å². The minimum Gasteiger partial charge on any atom is -0.508 e. The SMILES string of the molecule is Nc1nc(-c2cccc(O)c2)c(-c2cc(F)c3ncccc3c2)n2ccnc12. The molecule has 0 fully saturated rings. The molecule has 0 aliphatic carbocycles. The van der Waals surface area contributed by atoms with Crippen molar-refractivity contribution in [1.29, 1.82) is 0 Å². The maximum Gasteiger partial charge on any atom is 0.180 e. The fourth-order valence-electron chi connectivity index (χ4n) is 3.43. The normalized spacial score (nSPS) is 11.3. The molecule has 0 radical (unpaired) electrons. The molecule has 0 aliphatic rings. The van der Waals surface area contributed by atoms with Crippen molar-refractivity contribution in [2.24, 2.45) is 0 Å². The van der Waals surface area contributed by atoms with Gasteiger partial charge in [0.1, 0.15) is 17.1 Å². The van der Waals surface area contributed by atoms with E-state index in [-0.39, 0.29) is 11.6 Å². The standard InChI is InChI=1S/C21H14FN5O/c22-16-11-14(9-12-4-2-6-24-17(12)16)19-18(13-3-1-5-15(28)10-13)26-20(23)21-25-7-8-27(19)21/h1-11,28H,(H2,23,26). The Kier molecular flexibility index (Phi) is 3.48. The predicted molar refractivity (Wildman–Crippen MR) is 105 cm³/mol. The number of imidazole rings is 1. The quantitative estimate of drug-likeness (QED) is 0.489. The predicted octanol–water partition coefficient (Wildman–Crippen LogP) is 4.04. The maximum absolute atomic E-state index is 14.8. The average Bonchev–Trinajstić information content (AvgIpc) is 3.18. The molecule has 3 N–H and O–H groups in total. The molecule has 0 bridgehead atoms. The molecule has 3 heterocycles. The van der Waals surface area contributed by atoms with Crippen LogP contribution in [0, 0.1) is 5.82 Å². The third-order valence-electron chi connectivity index (χ3n) is 4.62. The smallest absolute Gasteiger partial charge is 0.180 e. The van der Waals surface area contributed by atoms with Crippen LogP contribution in [0.25, 0.3) is 39.1 Å². The van der Waals surface area contributed by atoms with E-state index in [0.717, 1.165) is 0 Å². The first kappa shape index (κ1) is 16.2. The van der Waals surface area contributed by atoms with Crippen LogP contribution in [0.1, 0.15) is 0 Å². The largest absolute Gasteiger partial charge is 0.508 e. The molecule has 3 aromatic heterocycles. The summed E-state index contributed by atoms with van der Waals surface area (Å²) in [7, 11) is 0. The molecule has 0 saturated heterocycles. The highest BCUT2D eigenvalue weighted by molar-refractivity contribution is 5.89. The van der Waals surface area contributed by atoms with Gasteiger partial charge in [-0.15, -0.1) is 0 Å². The lowest BCUT2D eigenvalue weighted by Crippen LogP contribution is -2.04. The van der Waals surface area contributed by atoms with E-state index in [1.807, 2.05) is 12.1 Å². The Bertz CT molecular complexity index is 1360. The third-order valence-corrected chi connectivity index (χ3v) is 4.62. The van der Waals surface area contributed by atoms with Gasteiger partial charge >= 0.3 is 0 Å². The summed E-state index contributed by atoms with van der Waals surface area (Å²) in [5.74, 6) is -0.0847. The highest BCUT2D eigenvalue weighted by Crippen LogP contribution is 2.35. The van der Waals surface area contributed by atoms with Crippen molar-refractivity contribution in [3.63, 3.8) is 0 Å². The summed E-state index contributed by atoms with van der Waals surface area (Å²) in [6.45, 7) is 0. The molecule has 0 aliphatic heterocycles. The minimum absolute atomic E-state index is 0.100. The lowest BCUT2D eigenvalue weighted by atomic mass is 10.0. The van der Waals surface area contributed by atoms with Gasteiger partial charge in [0.25, 0.3) is 0 Å². The van der Waals surface area contributed by atoms with E-state index in [9.17, 15) is 9.50 Å². The van der Waals surface area contributed by atoms with E-state index in [1.54, 1.807) is 53.3 Å². The monoisotopic (exact) mass is 371 g/mol. The molecular weight excluding hydrogens is 357 g/mol. The number of aromatic nitrogens is 4. The van der Waals surface area contributed by atoms with Crippen molar-refractivity contribution >= 4 is 22.4 Å². The van der Waals surface area contributed by atoms with Gasteiger partial charge in [-0.3, -0.25) is 9.38 Å². The van der Waals surface area contributed by atoms with Crippen molar-refractivity contribution in [3.8, 4) is 28.3 Å². The van der Waals surface area contributed by atoms with Gasteiger partial charge < -0.3 is 10.8 Å². The zero-order valence-corrected chi connectivity index (χ0v) is 14.5. The van der Waals surface area contributed by atoms with Gasteiger partial charge in [-0.1, -0.05) is 18.2 Å². The van der Waals surface area contributed by atoms with Crippen LogP contribution in [0.3, 0.4) is 0 Å².